The van der Waals surface area contributed by atoms with Gasteiger partial charge >= 0.3 is 0 Å². The number of hydrogen-bond acceptors (Lipinski definition) is 5. The molecule has 0 aliphatic carbocycles. The topological polar surface area (TPSA) is 89.7 Å². The van der Waals surface area contributed by atoms with Crippen molar-refractivity contribution in [3.8, 4) is 17.2 Å². The summed E-state index contributed by atoms with van der Waals surface area (Å²) in [5.74, 6) is 0.364. The van der Waals surface area contributed by atoms with Crippen LogP contribution in [0.25, 0.3) is 0 Å². The number of phenolic OH excluding ortho intramolecular Hbond substituents is 1. The lowest BCUT2D eigenvalue weighted by atomic mass is 10.1. The van der Waals surface area contributed by atoms with Crippen LogP contribution in [0.4, 0.5) is 5.69 Å². The summed E-state index contributed by atoms with van der Waals surface area (Å²) in [7, 11) is 0. The van der Waals surface area contributed by atoms with E-state index in [1.54, 1.807) is 0 Å². The molecule has 0 heterocycles. The third-order valence-electron chi connectivity index (χ3n) is 2.63. The summed E-state index contributed by atoms with van der Waals surface area (Å²) in [4.78, 5) is 21.3. The van der Waals surface area contributed by atoms with Crippen LogP contribution < -0.4 is 4.74 Å². The van der Waals surface area contributed by atoms with Crippen molar-refractivity contribution in [2.45, 2.75) is 6.92 Å². The molecular weight excluding hydrogens is 262 g/mol. The van der Waals surface area contributed by atoms with Crippen LogP contribution in [0, 0.1) is 10.1 Å². The third-order valence-corrected chi connectivity index (χ3v) is 2.63. The van der Waals surface area contributed by atoms with E-state index in [2.05, 4.69) is 0 Å². The number of phenols is 1. The van der Waals surface area contributed by atoms with E-state index in [4.69, 9.17) is 4.74 Å². The SMILES string of the molecule is CC(=O)c1cc(Oc2ccc([N+](=O)[O-])cc2)ccc1O. The number of carbonyl (C=O) groups is 1. The van der Waals surface area contributed by atoms with E-state index in [1.165, 1.54) is 49.4 Å². The van der Waals surface area contributed by atoms with Crippen molar-refractivity contribution in [3.05, 3.63) is 58.1 Å². The van der Waals surface area contributed by atoms with E-state index >= 15 is 0 Å². The Balaban J connectivity index is 2.23. The van der Waals surface area contributed by atoms with Crippen molar-refractivity contribution in [2.75, 3.05) is 0 Å². The molecule has 0 radical (unpaired) electrons. The lowest BCUT2D eigenvalue weighted by molar-refractivity contribution is -0.384. The monoisotopic (exact) mass is 273 g/mol. The van der Waals surface area contributed by atoms with Gasteiger partial charge in [-0.05, 0) is 37.3 Å². The number of nitrogens with zero attached hydrogens (tertiary/aromatic N) is 1. The fourth-order valence-electron chi connectivity index (χ4n) is 1.63. The van der Waals surface area contributed by atoms with Crippen LogP contribution in [0.15, 0.2) is 42.5 Å². The van der Waals surface area contributed by atoms with Crippen LogP contribution in [0.5, 0.6) is 17.2 Å². The molecule has 0 fully saturated rings. The highest BCUT2D eigenvalue weighted by molar-refractivity contribution is 5.97. The Labute approximate surface area is 114 Å². The minimum atomic E-state index is -0.502. The Kier molecular flexibility index (Phi) is 3.65. The number of aromatic hydroxyl groups is 1. The van der Waals surface area contributed by atoms with Crippen LogP contribution in [0.1, 0.15) is 17.3 Å². The summed E-state index contributed by atoms with van der Waals surface area (Å²) < 4.78 is 5.47. The Morgan fingerprint density at radius 1 is 1.15 bits per heavy atom. The van der Waals surface area contributed by atoms with Gasteiger partial charge in [-0.2, -0.15) is 0 Å². The van der Waals surface area contributed by atoms with Gasteiger partial charge in [0.1, 0.15) is 17.2 Å². The van der Waals surface area contributed by atoms with Crippen LogP contribution in [-0.2, 0) is 0 Å². The highest BCUT2D eigenvalue weighted by atomic mass is 16.6. The molecule has 2 aromatic rings. The van der Waals surface area contributed by atoms with Crippen molar-refractivity contribution in [1.29, 1.82) is 0 Å². The number of ketones is 1. The number of nitro groups is 1. The molecule has 0 saturated heterocycles. The summed E-state index contributed by atoms with van der Waals surface area (Å²) in [6.07, 6.45) is 0. The number of rotatable bonds is 4. The molecule has 6 nitrogen and oxygen atoms in total. The molecule has 0 spiro atoms. The number of ether oxygens (including phenoxy) is 1. The average molecular weight is 273 g/mol. The predicted molar refractivity (Wildman–Crippen MR) is 71.3 cm³/mol. The first kappa shape index (κ1) is 13.5. The molecule has 2 rings (SSSR count). The lowest BCUT2D eigenvalue weighted by Crippen LogP contribution is -1.94. The van der Waals surface area contributed by atoms with Crippen LogP contribution in [-0.4, -0.2) is 15.8 Å². The van der Waals surface area contributed by atoms with E-state index in [1.807, 2.05) is 0 Å². The minimum Gasteiger partial charge on any atom is -0.507 e. The molecule has 2 aromatic carbocycles. The number of Topliss-reactive ketones (excluding diaryl/α,β-unsaturated/α-hetero) is 1. The summed E-state index contributed by atoms with van der Waals surface area (Å²) in [6, 6.07) is 9.83. The van der Waals surface area contributed by atoms with Crippen molar-refractivity contribution in [2.24, 2.45) is 0 Å². The van der Waals surface area contributed by atoms with Crippen molar-refractivity contribution < 1.29 is 19.6 Å². The van der Waals surface area contributed by atoms with Crippen LogP contribution >= 0.6 is 0 Å². The van der Waals surface area contributed by atoms with Gasteiger partial charge in [0.2, 0.25) is 0 Å². The molecule has 0 bridgehead atoms. The molecule has 0 saturated carbocycles. The lowest BCUT2D eigenvalue weighted by Gasteiger charge is -2.07. The van der Waals surface area contributed by atoms with Crippen molar-refractivity contribution in [1.82, 2.24) is 0 Å². The normalized spacial score (nSPS) is 10.1. The van der Waals surface area contributed by atoms with Gasteiger partial charge in [0.15, 0.2) is 5.78 Å². The van der Waals surface area contributed by atoms with Gasteiger partial charge in [-0.15, -0.1) is 0 Å². The van der Waals surface area contributed by atoms with Gasteiger partial charge in [-0.3, -0.25) is 14.9 Å². The van der Waals surface area contributed by atoms with E-state index in [9.17, 15) is 20.0 Å². The first-order chi connectivity index (χ1) is 9.47. The zero-order valence-electron chi connectivity index (χ0n) is 10.6. The maximum Gasteiger partial charge on any atom is 0.269 e. The van der Waals surface area contributed by atoms with Crippen LogP contribution in [0.2, 0.25) is 0 Å². The number of carbonyl (C=O) groups excluding carboxylic acids is 1. The molecule has 0 aromatic heterocycles. The fraction of sp³-hybridized carbons (Fsp3) is 0.0714. The zero-order valence-corrected chi connectivity index (χ0v) is 10.6. The fourth-order valence-corrected chi connectivity index (χ4v) is 1.63. The van der Waals surface area contributed by atoms with Crippen molar-refractivity contribution in [3.63, 3.8) is 0 Å². The maximum absolute atomic E-state index is 11.3. The highest BCUT2D eigenvalue weighted by Gasteiger charge is 2.09. The molecule has 6 heteroatoms. The molecule has 1 N–H and O–H groups in total. The van der Waals surface area contributed by atoms with E-state index < -0.39 is 4.92 Å². The Hall–Kier alpha value is -2.89. The summed E-state index contributed by atoms with van der Waals surface area (Å²) in [5.41, 5.74) is 0.122. The van der Waals surface area contributed by atoms with Gasteiger partial charge in [0, 0.05) is 12.1 Å². The first-order valence-electron chi connectivity index (χ1n) is 5.73. The van der Waals surface area contributed by atoms with Gasteiger partial charge in [-0.1, -0.05) is 0 Å². The van der Waals surface area contributed by atoms with Gasteiger partial charge in [0.05, 0.1) is 10.5 Å². The second-order valence-electron chi connectivity index (χ2n) is 4.09. The van der Waals surface area contributed by atoms with Crippen molar-refractivity contribution >= 4 is 11.5 Å². The second-order valence-corrected chi connectivity index (χ2v) is 4.09. The standard InChI is InChI=1S/C14H11NO5/c1-9(16)13-8-12(6-7-14(13)17)20-11-4-2-10(3-5-11)15(18)19/h2-8,17H,1H3. The molecule has 0 amide bonds. The van der Waals surface area contributed by atoms with Gasteiger partial charge in [-0.25, -0.2) is 0 Å². The smallest absolute Gasteiger partial charge is 0.269 e. The molecule has 0 aliphatic heterocycles. The number of nitro benzene ring substituents is 1. The quantitative estimate of drug-likeness (QED) is 0.524. The average Bonchev–Trinajstić information content (AvgIpc) is 2.41. The van der Waals surface area contributed by atoms with E-state index in [0.29, 0.717) is 11.5 Å². The maximum atomic E-state index is 11.3. The molecule has 102 valence electrons. The first-order valence-corrected chi connectivity index (χ1v) is 5.73. The molecule has 0 aliphatic rings. The molecule has 0 unspecified atom stereocenters. The highest BCUT2D eigenvalue weighted by Crippen LogP contribution is 2.28. The summed E-state index contributed by atoms with van der Waals surface area (Å²) in [6.45, 7) is 1.34. The molecule has 0 atom stereocenters. The molecule has 20 heavy (non-hydrogen) atoms. The zero-order chi connectivity index (χ0) is 14.7. The van der Waals surface area contributed by atoms with E-state index in [-0.39, 0.29) is 22.8 Å². The Morgan fingerprint density at radius 2 is 1.75 bits per heavy atom. The Morgan fingerprint density at radius 3 is 2.30 bits per heavy atom. The predicted octanol–water partition coefficient (Wildman–Crippen LogP) is 3.30. The second kappa shape index (κ2) is 5.40. The summed E-state index contributed by atoms with van der Waals surface area (Å²) >= 11 is 0. The van der Waals surface area contributed by atoms with E-state index in [0.717, 1.165) is 0 Å². The Bertz CT molecular complexity index is 664. The minimum absolute atomic E-state index is 0.0347. The van der Waals surface area contributed by atoms with Gasteiger partial charge in [0.25, 0.3) is 5.69 Å². The van der Waals surface area contributed by atoms with Gasteiger partial charge < -0.3 is 9.84 Å². The number of benzene rings is 2. The number of hydrogen-bond donors (Lipinski definition) is 1. The summed E-state index contributed by atoms with van der Waals surface area (Å²) in [5, 5.41) is 20.0. The number of non-ortho nitro benzene ring substituents is 1. The molecular formula is C14H11NO5. The van der Waals surface area contributed by atoms with Crippen LogP contribution in [0.3, 0.4) is 0 Å². The third kappa shape index (κ3) is 2.92. The largest absolute Gasteiger partial charge is 0.507 e.